The minimum Gasteiger partial charge on any atom is -0.399 e. The molecule has 2 heterocycles. The number of hydrogen-bond donors (Lipinski definition) is 1. The van der Waals surface area contributed by atoms with Gasteiger partial charge in [-0.1, -0.05) is 41.3 Å². The van der Waals surface area contributed by atoms with Gasteiger partial charge >= 0.3 is 0 Å². The summed E-state index contributed by atoms with van der Waals surface area (Å²) >= 11 is 14.1. The highest BCUT2D eigenvalue weighted by Crippen LogP contribution is 2.50. The maximum absolute atomic E-state index is 10.4. The van der Waals surface area contributed by atoms with Crippen molar-refractivity contribution >= 4 is 46.2 Å². The predicted octanol–water partition coefficient (Wildman–Crippen LogP) is 4.80. The summed E-state index contributed by atoms with van der Waals surface area (Å²) in [6.07, 6.45) is 2.12. The smallest absolute Gasteiger partial charge is 0.106 e. The largest absolute Gasteiger partial charge is 0.399 e. The predicted molar refractivity (Wildman–Crippen MR) is 98.5 cm³/mol. The van der Waals surface area contributed by atoms with Crippen LogP contribution in [0.1, 0.15) is 31.7 Å². The number of nitrogens with zero attached hydrogens (tertiary/aromatic N) is 1. The van der Waals surface area contributed by atoms with Crippen LogP contribution in [0.2, 0.25) is 10.0 Å². The molecule has 0 spiro atoms. The number of hydrogen-bond acceptors (Lipinski definition) is 4. The van der Waals surface area contributed by atoms with E-state index in [1.165, 1.54) is 5.57 Å². The molecule has 0 radical (unpaired) electrons. The first-order chi connectivity index (χ1) is 11.0. The Labute approximate surface area is 150 Å². The summed E-state index contributed by atoms with van der Waals surface area (Å²) in [5.74, 6) is 0. The molecule has 23 heavy (non-hydrogen) atoms. The van der Waals surface area contributed by atoms with E-state index in [0.29, 0.717) is 15.3 Å². The number of aliphatic hydroxyl groups excluding tert-OH is 1. The second kappa shape index (κ2) is 7.06. The first-order valence-corrected chi connectivity index (χ1v) is 9.37. The lowest BCUT2D eigenvalue weighted by molar-refractivity contribution is 0.181. The van der Waals surface area contributed by atoms with Crippen LogP contribution < -0.4 is 0 Å². The molecule has 2 unspecified atom stereocenters. The van der Waals surface area contributed by atoms with Gasteiger partial charge < -0.3 is 9.94 Å². The van der Waals surface area contributed by atoms with Crippen molar-refractivity contribution in [1.29, 1.82) is 0 Å². The average Bonchev–Trinajstić information content (AvgIpc) is 2.83. The highest BCUT2D eigenvalue weighted by atomic mass is 35.5. The fourth-order valence-electron chi connectivity index (χ4n) is 3.36. The fourth-order valence-corrected chi connectivity index (χ4v) is 5.35. The van der Waals surface area contributed by atoms with Crippen LogP contribution in [0.25, 0.3) is 5.57 Å². The minimum absolute atomic E-state index is 0.0482. The van der Waals surface area contributed by atoms with Crippen molar-refractivity contribution in [3.05, 3.63) is 39.4 Å². The molecule has 1 aromatic carbocycles. The molecular formula is C17H19Cl2NO2S. The Hall–Kier alpha value is -0.680. The van der Waals surface area contributed by atoms with Gasteiger partial charge in [-0.3, -0.25) is 0 Å². The van der Waals surface area contributed by atoms with E-state index < -0.39 is 0 Å². The Balaban J connectivity index is 2.16. The van der Waals surface area contributed by atoms with Crippen LogP contribution in [0.5, 0.6) is 0 Å². The van der Waals surface area contributed by atoms with Crippen molar-refractivity contribution in [3.63, 3.8) is 0 Å². The van der Waals surface area contributed by atoms with E-state index in [0.717, 1.165) is 36.1 Å². The van der Waals surface area contributed by atoms with Gasteiger partial charge in [0.05, 0.1) is 27.1 Å². The quantitative estimate of drug-likeness (QED) is 0.610. The molecule has 1 fully saturated rings. The number of thioether (sulfide) groups is 1. The number of benzene rings is 1. The molecule has 2 aliphatic heterocycles. The summed E-state index contributed by atoms with van der Waals surface area (Å²) in [5.41, 5.74) is 4.24. The molecular weight excluding hydrogens is 353 g/mol. The third kappa shape index (κ3) is 3.27. The van der Waals surface area contributed by atoms with Crippen molar-refractivity contribution in [2.75, 3.05) is 7.11 Å². The highest BCUT2D eigenvalue weighted by molar-refractivity contribution is 8.01. The number of oxime groups is 1. The zero-order chi connectivity index (χ0) is 16.6. The molecule has 0 aliphatic carbocycles. The molecule has 3 nitrogen and oxygen atoms in total. The Morgan fingerprint density at radius 3 is 2.83 bits per heavy atom. The molecule has 0 aromatic heterocycles. The van der Waals surface area contributed by atoms with Gasteiger partial charge in [-0.2, -0.15) is 0 Å². The number of fused-ring (bicyclic) bond motifs is 2. The third-order valence-electron chi connectivity index (χ3n) is 4.35. The summed E-state index contributed by atoms with van der Waals surface area (Å²) in [7, 11) is 1.55. The fraction of sp³-hybridized carbons (Fsp3) is 0.471. The Morgan fingerprint density at radius 1 is 1.39 bits per heavy atom. The summed E-state index contributed by atoms with van der Waals surface area (Å²) < 4.78 is 0. The van der Waals surface area contributed by atoms with Gasteiger partial charge in [-0.15, -0.1) is 11.8 Å². The zero-order valence-corrected chi connectivity index (χ0v) is 15.4. The van der Waals surface area contributed by atoms with Crippen LogP contribution in [-0.4, -0.2) is 34.5 Å². The van der Waals surface area contributed by atoms with E-state index in [2.05, 4.69) is 12.1 Å². The molecule has 124 valence electrons. The highest BCUT2D eigenvalue weighted by Gasteiger charge is 2.43. The summed E-state index contributed by atoms with van der Waals surface area (Å²) in [6.45, 7) is 2.05. The van der Waals surface area contributed by atoms with Gasteiger partial charge in [0.1, 0.15) is 7.11 Å². The molecule has 2 aliphatic rings. The standard InChI is InChI=1S/C17H19Cl2NO2S/c1-3-14(20-22-2)16-11(7-10-8-15(21)17(16)23-10)9-4-5-12(18)13(19)6-9/h4-6,10,15,17,21H,3,7-8H2,1-2H3/t10?,15?,17-/m1/s1. The SMILES string of the molecule is CCC(=NOC)C1=C(c2ccc(Cl)c(Cl)c2)CC2CC(O)[C@H]1S2. The Morgan fingerprint density at radius 2 is 2.17 bits per heavy atom. The molecule has 1 N–H and O–H groups in total. The molecule has 1 aromatic rings. The van der Waals surface area contributed by atoms with E-state index >= 15 is 0 Å². The first-order valence-electron chi connectivity index (χ1n) is 7.67. The lowest BCUT2D eigenvalue weighted by Gasteiger charge is -2.28. The number of aliphatic hydroxyl groups is 1. The molecule has 3 rings (SSSR count). The summed E-state index contributed by atoms with van der Waals surface area (Å²) in [4.78, 5) is 5.03. The lowest BCUT2D eigenvalue weighted by atomic mass is 9.91. The zero-order valence-electron chi connectivity index (χ0n) is 13.1. The molecule has 1 saturated heterocycles. The maximum atomic E-state index is 10.4. The van der Waals surface area contributed by atoms with Crippen molar-refractivity contribution in [2.45, 2.75) is 42.8 Å². The van der Waals surface area contributed by atoms with Crippen LogP contribution in [0, 0.1) is 0 Å². The van der Waals surface area contributed by atoms with Crippen LogP contribution in [-0.2, 0) is 4.84 Å². The van der Waals surface area contributed by atoms with Crippen molar-refractivity contribution in [2.24, 2.45) is 5.16 Å². The molecule has 2 bridgehead atoms. The van der Waals surface area contributed by atoms with Crippen molar-refractivity contribution in [1.82, 2.24) is 0 Å². The van der Waals surface area contributed by atoms with E-state index in [4.69, 9.17) is 28.0 Å². The average molecular weight is 372 g/mol. The third-order valence-corrected chi connectivity index (χ3v) is 6.68. The molecule has 3 atom stereocenters. The van der Waals surface area contributed by atoms with Crippen LogP contribution in [0.4, 0.5) is 0 Å². The Bertz CT molecular complexity index is 675. The van der Waals surface area contributed by atoms with Gasteiger partial charge in [0.25, 0.3) is 0 Å². The molecule has 0 saturated carbocycles. The van der Waals surface area contributed by atoms with Gasteiger partial charge in [0.2, 0.25) is 0 Å². The lowest BCUT2D eigenvalue weighted by Crippen LogP contribution is -2.26. The van der Waals surface area contributed by atoms with E-state index in [9.17, 15) is 5.11 Å². The van der Waals surface area contributed by atoms with Gasteiger partial charge in [-0.25, -0.2) is 0 Å². The van der Waals surface area contributed by atoms with Crippen LogP contribution >= 0.6 is 35.0 Å². The monoisotopic (exact) mass is 371 g/mol. The molecule has 0 amide bonds. The number of allylic oxidation sites excluding steroid dienone is 1. The van der Waals surface area contributed by atoms with Crippen LogP contribution in [0.15, 0.2) is 28.9 Å². The number of halogens is 2. The van der Waals surface area contributed by atoms with Crippen molar-refractivity contribution in [3.8, 4) is 0 Å². The van der Waals surface area contributed by atoms with Gasteiger partial charge in [0.15, 0.2) is 0 Å². The minimum atomic E-state index is -0.339. The topological polar surface area (TPSA) is 41.8 Å². The summed E-state index contributed by atoms with van der Waals surface area (Å²) in [5, 5.41) is 16.2. The second-order valence-electron chi connectivity index (χ2n) is 5.78. The number of rotatable bonds is 4. The van der Waals surface area contributed by atoms with E-state index in [1.807, 2.05) is 30.0 Å². The van der Waals surface area contributed by atoms with Crippen LogP contribution in [0.3, 0.4) is 0 Å². The van der Waals surface area contributed by atoms with Crippen molar-refractivity contribution < 1.29 is 9.94 Å². The van der Waals surface area contributed by atoms with E-state index in [-0.39, 0.29) is 11.4 Å². The normalized spacial score (nSPS) is 27.5. The van der Waals surface area contributed by atoms with Gasteiger partial charge in [0, 0.05) is 5.25 Å². The van der Waals surface area contributed by atoms with E-state index in [1.54, 1.807) is 7.11 Å². The Kier molecular flexibility index (Phi) is 5.26. The first kappa shape index (κ1) is 17.2. The van der Waals surface area contributed by atoms with Gasteiger partial charge in [-0.05, 0) is 48.1 Å². The molecule has 6 heteroatoms. The second-order valence-corrected chi connectivity index (χ2v) is 8.04. The maximum Gasteiger partial charge on any atom is 0.106 e. The summed E-state index contributed by atoms with van der Waals surface area (Å²) in [6, 6.07) is 5.72.